The normalized spacial score (nSPS) is 14.2. The molecule has 0 fully saturated rings. The van der Waals surface area contributed by atoms with Crippen molar-refractivity contribution in [1.82, 2.24) is 0 Å². The largest absolute Gasteiger partial charge is 0.374 e. The van der Waals surface area contributed by atoms with Crippen molar-refractivity contribution in [2.24, 2.45) is 0 Å². The van der Waals surface area contributed by atoms with Gasteiger partial charge >= 0.3 is 0 Å². The first kappa shape index (κ1) is 15.6. The molecule has 1 amide bonds. The maximum Gasteiger partial charge on any atom is 0.246 e. The van der Waals surface area contributed by atoms with Crippen LogP contribution >= 0.6 is 0 Å². The molecule has 0 aromatic heterocycles. The van der Waals surface area contributed by atoms with Gasteiger partial charge in [0.1, 0.15) is 6.04 Å². The van der Waals surface area contributed by atoms with Crippen LogP contribution in [0.3, 0.4) is 0 Å². The number of fused-ring (bicyclic) bond motifs is 1. The molecule has 2 aromatic carbocycles. The Kier molecular flexibility index (Phi) is 4.37. The summed E-state index contributed by atoms with van der Waals surface area (Å²) in [7, 11) is 0. The number of carbonyl (C=O) groups excluding carboxylic acids is 1. The van der Waals surface area contributed by atoms with Gasteiger partial charge in [0.15, 0.2) is 0 Å². The quantitative estimate of drug-likeness (QED) is 0.887. The molecule has 2 N–H and O–H groups in total. The molecule has 3 heteroatoms. The number of amides is 1. The monoisotopic (exact) mass is 308 g/mol. The molecule has 1 atom stereocenters. The number of aryl methyl sites for hydroxylation is 4. The third-order valence-electron chi connectivity index (χ3n) is 4.51. The predicted molar refractivity (Wildman–Crippen MR) is 96.1 cm³/mol. The summed E-state index contributed by atoms with van der Waals surface area (Å²) in [4.78, 5) is 12.4. The van der Waals surface area contributed by atoms with E-state index in [1.807, 2.05) is 26.0 Å². The van der Waals surface area contributed by atoms with Crippen LogP contribution in [0.4, 0.5) is 11.4 Å². The van der Waals surface area contributed by atoms with Gasteiger partial charge in [0.25, 0.3) is 0 Å². The standard InChI is InChI=1S/C20H24N2O/c1-13-7-10-19(14(2)11-13)22-20(23)15(3)21-18-9-8-16-5-4-6-17(16)12-18/h7-12,15,21H,4-6H2,1-3H3,(H,22,23). The van der Waals surface area contributed by atoms with Crippen molar-refractivity contribution in [1.29, 1.82) is 0 Å². The zero-order valence-corrected chi connectivity index (χ0v) is 14.1. The van der Waals surface area contributed by atoms with Crippen LogP contribution in [-0.2, 0) is 17.6 Å². The summed E-state index contributed by atoms with van der Waals surface area (Å²) >= 11 is 0. The second-order valence-electron chi connectivity index (χ2n) is 6.51. The minimum atomic E-state index is -0.282. The Labute approximate surface area is 138 Å². The minimum absolute atomic E-state index is 0.0162. The van der Waals surface area contributed by atoms with Crippen LogP contribution in [0.1, 0.15) is 35.6 Å². The highest BCUT2D eigenvalue weighted by molar-refractivity contribution is 5.96. The summed E-state index contributed by atoms with van der Waals surface area (Å²) in [5.41, 5.74) is 7.05. The third kappa shape index (κ3) is 3.55. The van der Waals surface area contributed by atoms with Crippen molar-refractivity contribution >= 4 is 17.3 Å². The molecule has 0 bridgehead atoms. The predicted octanol–water partition coefficient (Wildman–Crippen LogP) is 4.23. The van der Waals surface area contributed by atoms with Crippen LogP contribution in [0.25, 0.3) is 0 Å². The lowest BCUT2D eigenvalue weighted by atomic mass is 10.1. The SMILES string of the molecule is Cc1ccc(NC(=O)C(C)Nc2ccc3c(c2)CCC3)c(C)c1. The van der Waals surface area contributed by atoms with E-state index in [9.17, 15) is 4.79 Å². The minimum Gasteiger partial charge on any atom is -0.374 e. The molecule has 0 radical (unpaired) electrons. The van der Waals surface area contributed by atoms with Crippen molar-refractivity contribution in [3.63, 3.8) is 0 Å². The summed E-state index contributed by atoms with van der Waals surface area (Å²) in [6, 6.07) is 12.2. The molecule has 0 aliphatic heterocycles. The van der Waals surface area contributed by atoms with Gasteiger partial charge in [0, 0.05) is 11.4 Å². The molecule has 1 unspecified atom stereocenters. The third-order valence-corrected chi connectivity index (χ3v) is 4.51. The topological polar surface area (TPSA) is 41.1 Å². The van der Waals surface area contributed by atoms with Crippen LogP contribution in [0, 0.1) is 13.8 Å². The fourth-order valence-corrected chi connectivity index (χ4v) is 3.17. The van der Waals surface area contributed by atoms with Crippen molar-refractivity contribution in [2.75, 3.05) is 10.6 Å². The zero-order valence-electron chi connectivity index (χ0n) is 14.1. The average Bonchev–Trinajstić information content (AvgIpc) is 2.97. The second-order valence-corrected chi connectivity index (χ2v) is 6.51. The van der Waals surface area contributed by atoms with E-state index in [2.05, 4.69) is 41.8 Å². The molecule has 1 aliphatic carbocycles. The number of carbonyl (C=O) groups is 1. The van der Waals surface area contributed by atoms with Crippen LogP contribution in [0.5, 0.6) is 0 Å². The molecule has 0 saturated carbocycles. The van der Waals surface area contributed by atoms with E-state index in [4.69, 9.17) is 0 Å². The van der Waals surface area contributed by atoms with E-state index in [0.29, 0.717) is 0 Å². The van der Waals surface area contributed by atoms with E-state index in [1.54, 1.807) is 0 Å². The van der Waals surface area contributed by atoms with Gasteiger partial charge in [0.2, 0.25) is 5.91 Å². The van der Waals surface area contributed by atoms with Crippen molar-refractivity contribution in [3.05, 3.63) is 58.7 Å². The Bertz CT molecular complexity index is 736. The molecule has 120 valence electrons. The molecule has 0 spiro atoms. The van der Waals surface area contributed by atoms with Gasteiger partial charge in [-0.1, -0.05) is 23.8 Å². The van der Waals surface area contributed by atoms with E-state index in [1.165, 1.54) is 29.5 Å². The number of benzene rings is 2. The molecular formula is C20H24N2O. The van der Waals surface area contributed by atoms with Gasteiger partial charge in [-0.25, -0.2) is 0 Å². The van der Waals surface area contributed by atoms with E-state index >= 15 is 0 Å². The molecule has 2 aromatic rings. The van der Waals surface area contributed by atoms with Gasteiger partial charge in [0.05, 0.1) is 0 Å². The molecular weight excluding hydrogens is 284 g/mol. The lowest BCUT2D eigenvalue weighted by Gasteiger charge is -2.17. The van der Waals surface area contributed by atoms with Gasteiger partial charge < -0.3 is 10.6 Å². The maximum atomic E-state index is 12.4. The van der Waals surface area contributed by atoms with E-state index in [0.717, 1.165) is 23.4 Å². The molecule has 3 rings (SSSR count). The van der Waals surface area contributed by atoms with Crippen molar-refractivity contribution in [2.45, 2.75) is 46.1 Å². The summed E-state index contributed by atoms with van der Waals surface area (Å²) in [5, 5.41) is 6.32. The first-order chi connectivity index (χ1) is 11.0. The van der Waals surface area contributed by atoms with E-state index < -0.39 is 0 Å². The average molecular weight is 308 g/mol. The highest BCUT2D eigenvalue weighted by Gasteiger charge is 2.16. The van der Waals surface area contributed by atoms with Crippen LogP contribution in [-0.4, -0.2) is 11.9 Å². The van der Waals surface area contributed by atoms with Crippen LogP contribution in [0.2, 0.25) is 0 Å². The van der Waals surface area contributed by atoms with Crippen LogP contribution < -0.4 is 10.6 Å². The smallest absolute Gasteiger partial charge is 0.246 e. The molecule has 1 aliphatic rings. The number of hydrogen-bond acceptors (Lipinski definition) is 2. The number of nitrogens with one attached hydrogen (secondary N) is 2. The fourth-order valence-electron chi connectivity index (χ4n) is 3.17. The Morgan fingerprint density at radius 1 is 1.04 bits per heavy atom. The Balaban J connectivity index is 1.65. The Morgan fingerprint density at radius 3 is 2.61 bits per heavy atom. The maximum absolute atomic E-state index is 12.4. The highest BCUT2D eigenvalue weighted by atomic mass is 16.2. The summed E-state index contributed by atoms with van der Waals surface area (Å²) < 4.78 is 0. The van der Waals surface area contributed by atoms with Crippen molar-refractivity contribution in [3.8, 4) is 0 Å². The number of anilines is 2. The van der Waals surface area contributed by atoms with Gasteiger partial charge in [-0.2, -0.15) is 0 Å². The number of rotatable bonds is 4. The van der Waals surface area contributed by atoms with E-state index in [-0.39, 0.29) is 11.9 Å². The first-order valence-corrected chi connectivity index (χ1v) is 8.29. The highest BCUT2D eigenvalue weighted by Crippen LogP contribution is 2.25. The Hall–Kier alpha value is -2.29. The van der Waals surface area contributed by atoms with Gasteiger partial charge in [-0.15, -0.1) is 0 Å². The summed E-state index contributed by atoms with van der Waals surface area (Å²) in [5.74, 6) is -0.0162. The van der Waals surface area contributed by atoms with Crippen LogP contribution in [0.15, 0.2) is 36.4 Å². The molecule has 23 heavy (non-hydrogen) atoms. The fraction of sp³-hybridized carbons (Fsp3) is 0.350. The summed E-state index contributed by atoms with van der Waals surface area (Å²) in [6.45, 7) is 5.96. The van der Waals surface area contributed by atoms with Gasteiger partial charge in [-0.05, 0) is 74.9 Å². The molecule has 3 nitrogen and oxygen atoms in total. The molecule has 0 heterocycles. The lowest BCUT2D eigenvalue weighted by Crippen LogP contribution is -2.32. The lowest BCUT2D eigenvalue weighted by molar-refractivity contribution is -0.116. The summed E-state index contributed by atoms with van der Waals surface area (Å²) in [6.07, 6.45) is 3.56. The molecule has 0 saturated heterocycles. The van der Waals surface area contributed by atoms with Crippen molar-refractivity contribution < 1.29 is 4.79 Å². The first-order valence-electron chi connectivity index (χ1n) is 8.29. The van der Waals surface area contributed by atoms with Gasteiger partial charge in [-0.3, -0.25) is 4.79 Å². The second kappa shape index (κ2) is 6.45. The number of hydrogen-bond donors (Lipinski definition) is 2. The Morgan fingerprint density at radius 2 is 1.83 bits per heavy atom. The zero-order chi connectivity index (χ0) is 16.4.